The van der Waals surface area contributed by atoms with Gasteiger partial charge in [0.1, 0.15) is 23.1 Å². The molecule has 0 atom stereocenters. The standard InChI is InChI=1S/C30H28F4N6O3S/c1-17-12-19(38-29(41)39-22-13-18(30(32,33)34)4-6-21(22)31)5-7-24(17)43-25-8-9-36-23-14-26(44-27(23)25)28-37-16-20(40(28)2)15-35-10-11-42-3/h4-9,12-14,16,35H,10-11,15H2,1-3H3,(H2,38,39,41). The second-order valence-electron chi connectivity index (χ2n) is 9.79. The van der Waals surface area contributed by atoms with Crippen LogP contribution in [0.2, 0.25) is 0 Å². The number of nitrogens with one attached hydrogen (secondary N) is 3. The van der Waals surface area contributed by atoms with Crippen molar-refractivity contribution in [2.24, 2.45) is 7.05 Å². The molecule has 0 saturated carbocycles. The minimum atomic E-state index is -4.68. The fraction of sp³-hybridized carbons (Fsp3) is 0.233. The number of imidazole rings is 1. The van der Waals surface area contributed by atoms with Crippen LogP contribution in [0, 0.1) is 12.7 Å². The minimum Gasteiger partial charge on any atom is -0.455 e. The largest absolute Gasteiger partial charge is 0.455 e. The summed E-state index contributed by atoms with van der Waals surface area (Å²) in [6.45, 7) is 3.78. The Morgan fingerprint density at radius 1 is 1.05 bits per heavy atom. The molecule has 9 nitrogen and oxygen atoms in total. The van der Waals surface area contributed by atoms with Gasteiger partial charge in [-0.05, 0) is 55.0 Å². The van der Waals surface area contributed by atoms with E-state index < -0.39 is 29.3 Å². The number of alkyl halides is 3. The van der Waals surface area contributed by atoms with E-state index in [2.05, 4.69) is 25.9 Å². The van der Waals surface area contributed by atoms with E-state index in [1.807, 2.05) is 23.9 Å². The third-order valence-corrected chi connectivity index (χ3v) is 7.80. The topological polar surface area (TPSA) is 102 Å². The highest BCUT2D eigenvalue weighted by Crippen LogP contribution is 2.39. The van der Waals surface area contributed by atoms with Crippen molar-refractivity contribution in [2.75, 3.05) is 30.9 Å². The Morgan fingerprint density at radius 2 is 1.86 bits per heavy atom. The molecular formula is C30H28F4N6O3S. The molecule has 230 valence electrons. The Balaban J connectivity index is 1.29. The van der Waals surface area contributed by atoms with Gasteiger partial charge >= 0.3 is 12.2 Å². The third kappa shape index (κ3) is 6.98. The molecule has 0 spiro atoms. The first-order valence-corrected chi connectivity index (χ1v) is 14.2. The number of fused-ring (bicyclic) bond motifs is 1. The van der Waals surface area contributed by atoms with E-state index >= 15 is 0 Å². The summed E-state index contributed by atoms with van der Waals surface area (Å²) in [5.74, 6) is 0.913. The number of benzene rings is 2. The lowest BCUT2D eigenvalue weighted by Crippen LogP contribution is -2.20. The lowest BCUT2D eigenvalue weighted by Gasteiger charge is -2.13. The van der Waals surface area contributed by atoms with Crippen molar-refractivity contribution in [1.82, 2.24) is 19.9 Å². The molecule has 5 aromatic rings. The summed E-state index contributed by atoms with van der Waals surface area (Å²) in [6, 6.07) is 9.46. The van der Waals surface area contributed by atoms with Gasteiger partial charge in [0.2, 0.25) is 0 Å². The minimum absolute atomic E-state index is 0.334. The van der Waals surface area contributed by atoms with Crippen LogP contribution in [0.15, 0.2) is 60.9 Å². The van der Waals surface area contributed by atoms with Crippen LogP contribution in [0.4, 0.5) is 33.7 Å². The second-order valence-corrected chi connectivity index (χ2v) is 10.8. The number of urea groups is 1. The van der Waals surface area contributed by atoms with E-state index in [1.54, 1.807) is 44.5 Å². The molecule has 3 N–H and O–H groups in total. The van der Waals surface area contributed by atoms with Gasteiger partial charge in [0, 0.05) is 45.2 Å². The normalized spacial score (nSPS) is 11.6. The predicted molar refractivity (Wildman–Crippen MR) is 161 cm³/mol. The van der Waals surface area contributed by atoms with Crippen molar-refractivity contribution >= 4 is 39.0 Å². The molecule has 2 amide bonds. The van der Waals surface area contributed by atoms with Crippen molar-refractivity contribution in [2.45, 2.75) is 19.6 Å². The summed E-state index contributed by atoms with van der Waals surface area (Å²) in [5.41, 5.74) is 1.11. The number of pyridine rings is 1. The van der Waals surface area contributed by atoms with Gasteiger partial charge in [-0.2, -0.15) is 13.2 Å². The Bertz CT molecular complexity index is 1800. The van der Waals surface area contributed by atoms with Gasteiger partial charge in [-0.25, -0.2) is 14.2 Å². The molecule has 0 aliphatic carbocycles. The first-order chi connectivity index (χ1) is 21.0. The lowest BCUT2D eigenvalue weighted by molar-refractivity contribution is -0.137. The predicted octanol–water partition coefficient (Wildman–Crippen LogP) is 7.34. The van der Waals surface area contributed by atoms with Gasteiger partial charge < -0.3 is 30.0 Å². The van der Waals surface area contributed by atoms with Crippen molar-refractivity contribution in [3.05, 3.63) is 83.6 Å². The first kappa shape index (κ1) is 30.9. The molecule has 3 aromatic heterocycles. The molecule has 0 aliphatic heterocycles. The van der Waals surface area contributed by atoms with Crippen LogP contribution in [0.25, 0.3) is 20.9 Å². The zero-order chi connectivity index (χ0) is 31.4. The van der Waals surface area contributed by atoms with E-state index in [4.69, 9.17) is 9.47 Å². The SMILES string of the molecule is COCCNCc1cnc(-c2cc3nccc(Oc4ccc(NC(=O)Nc5cc(C(F)(F)F)ccc5F)cc4C)c3s2)n1C. The Labute approximate surface area is 253 Å². The summed E-state index contributed by atoms with van der Waals surface area (Å²) in [5, 5.41) is 7.94. The molecular weight excluding hydrogens is 600 g/mol. The van der Waals surface area contributed by atoms with Gasteiger partial charge in [-0.3, -0.25) is 4.98 Å². The van der Waals surface area contributed by atoms with Crippen LogP contribution in [0.1, 0.15) is 16.8 Å². The number of aryl methyl sites for hydroxylation is 1. The number of carbonyl (C=O) groups is 1. The van der Waals surface area contributed by atoms with Crippen LogP contribution in [-0.2, 0) is 24.5 Å². The maximum absolute atomic E-state index is 14.0. The van der Waals surface area contributed by atoms with E-state index in [0.29, 0.717) is 54.1 Å². The fourth-order valence-electron chi connectivity index (χ4n) is 4.38. The number of nitrogens with zero attached hydrogens (tertiary/aromatic N) is 3. The fourth-order valence-corrected chi connectivity index (χ4v) is 5.47. The third-order valence-electron chi connectivity index (χ3n) is 6.66. The first-order valence-electron chi connectivity index (χ1n) is 13.4. The summed E-state index contributed by atoms with van der Waals surface area (Å²) in [6.07, 6.45) is -1.19. The van der Waals surface area contributed by atoms with Gasteiger partial charge in [-0.15, -0.1) is 11.3 Å². The number of carbonyl (C=O) groups excluding carboxylic acids is 1. The number of thiophene rings is 1. The van der Waals surface area contributed by atoms with Crippen LogP contribution >= 0.6 is 11.3 Å². The molecule has 0 aliphatic rings. The molecule has 3 heterocycles. The molecule has 0 saturated heterocycles. The summed E-state index contributed by atoms with van der Waals surface area (Å²) in [7, 11) is 3.62. The second kappa shape index (κ2) is 13.0. The lowest BCUT2D eigenvalue weighted by atomic mass is 10.2. The van der Waals surface area contributed by atoms with Gasteiger partial charge in [-0.1, -0.05) is 0 Å². The van der Waals surface area contributed by atoms with Crippen molar-refractivity contribution in [1.29, 1.82) is 0 Å². The summed E-state index contributed by atoms with van der Waals surface area (Å²) < 4.78 is 67.2. The summed E-state index contributed by atoms with van der Waals surface area (Å²) >= 11 is 1.50. The number of halogens is 4. The average molecular weight is 629 g/mol. The maximum Gasteiger partial charge on any atom is 0.416 e. The maximum atomic E-state index is 14.0. The van der Waals surface area contributed by atoms with E-state index in [9.17, 15) is 22.4 Å². The zero-order valence-electron chi connectivity index (χ0n) is 23.9. The molecule has 2 aromatic carbocycles. The monoisotopic (exact) mass is 628 g/mol. The number of ether oxygens (including phenoxy) is 2. The average Bonchev–Trinajstić information content (AvgIpc) is 3.57. The van der Waals surface area contributed by atoms with Gasteiger partial charge in [0.25, 0.3) is 0 Å². The Kier molecular flexibility index (Phi) is 9.13. The van der Waals surface area contributed by atoms with E-state index in [-0.39, 0.29) is 0 Å². The Morgan fingerprint density at radius 3 is 2.61 bits per heavy atom. The van der Waals surface area contributed by atoms with Crippen molar-refractivity contribution in [3.8, 4) is 22.2 Å². The highest BCUT2D eigenvalue weighted by atomic mass is 32.1. The van der Waals surface area contributed by atoms with E-state index in [0.717, 1.165) is 33.2 Å². The molecule has 5 rings (SSSR count). The Hall–Kier alpha value is -4.53. The quantitative estimate of drug-likeness (QED) is 0.111. The highest BCUT2D eigenvalue weighted by Gasteiger charge is 2.31. The van der Waals surface area contributed by atoms with Crippen LogP contribution in [0.5, 0.6) is 11.5 Å². The molecule has 0 unspecified atom stereocenters. The van der Waals surface area contributed by atoms with E-state index in [1.165, 1.54) is 11.3 Å². The van der Waals surface area contributed by atoms with Crippen molar-refractivity contribution in [3.63, 3.8) is 0 Å². The number of methoxy groups -OCH3 is 1. The smallest absolute Gasteiger partial charge is 0.416 e. The van der Waals surface area contributed by atoms with Crippen LogP contribution in [0.3, 0.4) is 0 Å². The number of hydrogen-bond donors (Lipinski definition) is 3. The van der Waals surface area contributed by atoms with Gasteiger partial charge in [0.15, 0.2) is 0 Å². The molecule has 0 bridgehead atoms. The van der Waals surface area contributed by atoms with Crippen LogP contribution < -0.4 is 20.7 Å². The number of anilines is 2. The van der Waals surface area contributed by atoms with Gasteiger partial charge in [0.05, 0.1) is 44.8 Å². The molecule has 14 heteroatoms. The molecule has 0 radical (unpaired) electrons. The van der Waals surface area contributed by atoms with Crippen molar-refractivity contribution < 1.29 is 31.8 Å². The van der Waals surface area contributed by atoms with Crippen LogP contribution in [-0.4, -0.2) is 40.8 Å². The molecule has 0 fully saturated rings. The summed E-state index contributed by atoms with van der Waals surface area (Å²) in [4.78, 5) is 22.5. The number of rotatable bonds is 10. The highest BCUT2D eigenvalue weighted by molar-refractivity contribution is 7.22. The zero-order valence-corrected chi connectivity index (χ0v) is 24.7. The number of amides is 2. The number of aromatic nitrogens is 3. The number of hydrogen-bond acceptors (Lipinski definition) is 7. The molecule has 44 heavy (non-hydrogen) atoms.